The SMILES string of the molecule is CC(C)(C)OC(=O)OCCSSc1ccccn1. The van der Waals surface area contributed by atoms with Crippen molar-refractivity contribution in [2.75, 3.05) is 12.4 Å². The van der Waals surface area contributed by atoms with E-state index in [1.807, 2.05) is 18.2 Å². The number of carbonyl (C=O) groups is 1. The highest BCUT2D eigenvalue weighted by molar-refractivity contribution is 8.76. The third-order valence-corrected chi connectivity index (χ3v) is 3.79. The predicted octanol–water partition coefficient (Wildman–Crippen LogP) is 3.77. The monoisotopic (exact) mass is 287 g/mol. The van der Waals surface area contributed by atoms with E-state index in [1.165, 1.54) is 0 Å². The van der Waals surface area contributed by atoms with Crippen molar-refractivity contribution < 1.29 is 14.3 Å². The number of hydrogen-bond donors (Lipinski definition) is 0. The van der Waals surface area contributed by atoms with Crippen LogP contribution in [0.2, 0.25) is 0 Å². The van der Waals surface area contributed by atoms with Gasteiger partial charge in [-0.1, -0.05) is 16.9 Å². The van der Waals surface area contributed by atoms with Crippen LogP contribution in [0.5, 0.6) is 0 Å². The lowest BCUT2D eigenvalue weighted by molar-refractivity contribution is -0.00445. The molecule has 0 aliphatic heterocycles. The number of ether oxygens (including phenoxy) is 2. The van der Waals surface area contributed by atoms with E-state index >= 15 is 0 Å². The summed E-state index contributed by atoms with van der Waals surface area (Å²) < 4.78 is 9.95. The van der Waals surface area contributed by atoms with Gasteiger partial charge in [0.2, 0.25) is 0 Å². The van der Waals surface area contributed by atoms with Crippen molar-refractivity contribution in [3.63, 3.8) is 0 Å². The summed E-state index contributed by atoms with van der Waals surface area (Å²) in [6.07, 6.45) is 1.13. The molecule has 0 radical (unpaired) electrons. The molecule has 100 valence electrons. The van der Waals surface area contributed by atoms with Gasteiger partial charge < -0.3 is 9.47 Å². The maximum absolute atomic E-state index is 11.2. The van der Waals surface area contributed by atoms with Crippen molar-refractivity contribution in [2.24, 2.45) is 0 Å². The average Bonchev–Trinajstić information content (AvgIpc) is 2.27. The molecule has 0 bridgehead atoms. The lowest BCUT2D eigenvalue weighted by Crippen LogP contribution is -2.24. The molecule has 0 N–H and O–H groups in total. The molecule has 0 unspecified atom stereocenters. The Balaban J connectivity index is 2.07. The van der Waals surface area contributed by atoms with Gasteiger partial charge in [0.05, 0.1) is 0 Å². The van der Waals surface area contributed by atoms with E-state index in [2.05, 4.69) is 4.98 Å². The van der Waals surface area contributed by atoms with E-state index in [0.29, 0.717) is 12.4 Å². The lowest BCUT2D eigenvalue weighted by atomic mass is 10.2. The van der Waals surface area contributed by atoms with Crippen LogP contribution in [0.3, 0.4) is 0 Å². The van der Waals surface area contributed by atoms with Gasteiger partial charge >= 0.3 is 6.16 Å². The zero-order valence-corrected chi connectivity index (χ0v) is 12.3. The van der Waals surface area contributed by atoms with Crippen LogP contribution in [0, 0.1) is 0 Å². The van der Waals surface area contributed by atoms with Gasteiger partial charge in [0.15, 0.2) is 0 Å². The van der Waals surface area contributed by atoms with Crippen molar-refractivity contribution >= 4 is 27.7 Å². The summed E-state index contributed by atoms with van der Waals surface area (Å²) in [5.41, 5.74) is -0.507. The third kappa shape index (κ3) is 7.45. The molecule has 6 heteroatoms. The van der Waals surface area contributed by atoms with E-state index in [-0.39, 0.29) is 0 Å². The van der Waals surface area contributed by atoms with Crippen LogP contribution in [0.1, 0.15) is 20.8 Å². The molecule has 0 saturated carbocycles. The number of aromatic nitrogens is 1. The summed E-state index contributed by atoms with van der Waals surface area (Å²) in [4.78, 5) is 15.4. The van der Waals surface area contributed by atoms with Crippen molar-refractivity contribution in [3.05, 3.63) is 24.4 Å². The molecule has 0 amide bonds. The average molecular weight is 287 g/mol. The summed E-state index contributed by atoms with van der Waals surface area (Å²) in [5, 5.41) is 0.944. The zero-order valence-electron chi connectivity index (χ0n) is 10.7. The summed E-state index contributed by atoms with van der Waals surface area (Å²) in [6.45, 7) is 5.75. The Morgan fingerprint density at radius 3 is 2.78 bits per heavy atom. The van der Waals surface area contributed by atoms with Gasteiger partial charge in [0.1, 0.15) is 17.2 Å². The maximum atomic E-state index is 11.2. The first kappa shape index (κ1) is 15.2. The highest BCUT2D eigenvalue weighted by atomic mass is 33.1. The zero-order chi connectivity index (χ0) is 13.4. The van der Waals surface area contributed by atoms with E-state index in [1.54, 1.807) is 48.6 Å². The number of pyridine rings is 1. The second-order valence-electron chi connectivity index (χ2n) is 4.39. The van der Waals surface area contributed by atoms with E-state index < -0.39 is 11.8 Å². The molecule has 4 nitrogen and oxygen atoms in total. The van der Waals surface area contributed by atoms with Gasteiger partial charge in [-0.15, -0.1) is 0 Å². The van der Waals surface area contributed by atoms with Crippen LogP contribution in [0.25, 0.3) is 0 Å². The minimum atomic E-state index is -0.620. The van der Waals surface area contributed by atoms with Crippen molar-refractivity contribution in [2.45, 2.75) is 31.4 Å². The Morgan fingerprint density at radius 1 is 1.39 bits per heavy atom. The van der Waals surface area contributed by atoms with E-state index in [4.69, 9.17) is 9.47 Å². The molecular weight excluding hydrogens is 270 g/mol. The van der Waals surface area contributed by atoms with Gasteiger partial charge in [-0.05, 0) is 43.7 Å². The smallest absolute Gasteiger partial charge is 0.433 e. The number of hydrogen-bond acceptors (Lipinski definition) is 6. The Hall–Kier alpha value is -0.880. The van der Waals surface area contributed by atoms with Gasteiger partial charge in [0, 0.05) is 11.9 Å². The largest absolute Gasteiger partial charge is 0.508 e. The number of nitrogens with zero attached hydrogens (tertiary/aromatic N) is 1. The first-order valence-corrected chi connectivity index (χ1v) is 7.85. The van der Waals surface area contributed by atoms with Crippen LogP contribution in [0.4, 0.5) is 4.79 Å². The van der Waals surface area contributed by atoms with Crippen LogP contribution >= 0.6 is 21.6 Å². The van der Waals surface area contributed by atoms with Crippen LogP contribution in [-0.2, 0) is 9.47 Å². The minimum Gasteiger partial charge on any atom is -0.433 e. The first-order valence-electron chi connectivity index (χ1n) is 5.54. The van der Waals surface area contributed by atoms with Gasteiger partial charge in [-0.2, -0.15) is 0 Å². The molecule has 0 aliphatic carbocycles. The molecule has 18 heavy (non-hydrogen) atoms. The molecule has 0 atom stereocenters. The van der Waals surface area contributed by atoms with Gasteiger partial charge in [-0.3, -0.25) is 0 Å². The summed E-state index contributed by atoms with van der Waals surface area (Å²) >= 11 is 0. The highest BCUT2D eigenvalue weighted by Crippen LogP contribution is 2.28. The standard InChI is InChI=1S/C12H17NO3S2/c1-12(2,3)16-11(14)15-8-9-17-18-10-6-4-5-7-13-10/h4-7H,8-9H2,1-3H3. The fourth-order valence-corrected chi connectivity index (χ4v) is 2.64. The van der Waals surface area contributed by atoms with Crippen LogP contribution < -0.4 is 0 Å². The van der Waals surface area contributed by atoms with Gasteiger partial charge in [0.25, 0.3) is 0 Å². The van der Waals surface area contributed by atoms with E-state index in [0.717, 1.165) is 5.03 Å². The fourth-order valence-electron chi connectivity index (χ4n) is 0.937. The fraction of sp³-hybridized carbons (Fsp3) is 0.500. The molecule has 0 aromatic carbocycles. The molecule has 1 rings (SSSR count). The molecule has 1 aromatic rings. The Labute approximate surface area is 115 Å². The molecule has 0 fully saturated rings. The third-order valence-electron chi connectivity index (χ3n) is 1.56. The first-order chi connectivity index (χ1) is 8.47. The Morgan fingerprint density at radius 2 is 2.17 bits per heavy atom. The summed E-state index contributed by atoms with van der Waals surface area (Å²) in [6, 6.07) is 5.75. The quantitative estimate of drug-likeness (QED) is 0.467. The van der Waals surface area contributed by atoms with Crippen molar-refractivity contribution in [1.82, 2.24) is 4.98 Å². The summed E-state index contributed by atoms with van der Waals surface area (Å²) in [7, 11) is 3.15. The van der Waals surface area contributed by atoms with Crippen LogP contribution in [-0.4, -0.2) is 29.1 Å². The van der Waals surface area contributed by atoms with Crippen LogP contribution in [0.15, 0.2) is 29.4 Å². The predicted molar refractivity (Wildman–Crippen MR) is 74.7 cm³/mol. The minimum absolute atomic E-state index is 0.333. The molecule has 0 saturated heterocycles. The maximum Gasteiger partial charge on any atom is 0.508 e. The second-order valence-corrected chi connectivity index (χ2v) is 6.82. The number of carbonyl (C=O) groups excluding carboxylic acids is 1. The van der Waals surface area contributed by atoms with E-state index in [9.17, 15) is 4.79 Å². The van der Waals surface area contributed by atoms with Crippen molar-refractivity contribution in [3.8, 4) is 0 Å². The number of rotatable bonds is 5. The topological polar surface area (TPSA) is 48.4 Å². The Bertz CT molecular complexity index is 365. The summed E-state index contributed by atoms with van der Waals surface area (Å²) in [5.74, 6) is 0.695. The molecule has 1 aromatic heterocycles. The molecule has 0 aliphatic rings. The molecular formula is C12H17NO3S2. The lowest BCUT2D eigenvalue weighted by Gasteiger charge is -2.18. The molecule has 1 heterocycles. The normalized spacial score (nSPS) is 11.1. The Kier molecular flexibility index (Phi) is 6.35. The van der Waals surface area contributed by atoms with Gasteiger partial charge in [-0.25, -0.2) is 9.78 Å². The molecule has 0 spiro atoms. The second kappa shape index (κ2) is 7.53. The highest BCUT2D eigenvalue weighted by Gasteiger charge is 2.16. The van der Waals surface area contributed by atoms with Crippen molar-refractivity contribution in [1.29, 1.82) is 0 Å².